The number of carbonyl (C=O) groups is 2. The number of aliphatic carboxylic acids is 1. The summed E-state index contributed by atoms with van der Waals surface area (Å²) in [5.74, 6) is -0.642. The second-order valence-corrected chi connectivity index (χ2v) is 5.66. The van der Waals surface area contributed by atoms with Crippen molar-refractivity contribution in [1.82, 2.24) is 4.90 Å². The second kappa shape index (κ2) is 8.25. The summed E-state index contributed by atoms with van der Waals surface area (Å²) in [5.41, 5.74) is -0.132. The lowest BCUT2D eigenvalue weighted by atomic mass is 9.91. The number of ether oxygens (including phenoxy) is 1. The van der Waals surface area contributed by atoms with Gasteiger partial charge >= 0.3 is 5.97 Å². The van der Waals surface area contributed by atoms with E-state index < -0.39 is 5.97 Å². The monoisotopic (exact) mass is 285 g/mol. The van der Waals surface area contributed by atoms with Gasteiger partial charge < -0.3 is 14.7 Å². The summed E-state index contributed by atoms with van der Waals surface area (Å²) < 4.78 is 5.35. The molecule has 1 saturated heterocycles. The molecular formula is C15H27NO4. The van der Waals surface area contributed by atoms with Gasteiger partial charge in [0.1, 0.15) is 0 Å². The average molecular weight is 285 g/mol. The molecule has 1 aliphatic rings. The number of carboxylic acid groups (broad SMARTS) is 1. The van der Waals surface area contributed by atoms with Crippen LogP contribution in [0.2, 0.25) is 0 Å². The van der Waals surface area contributed by atoms with E-state index in [1.54, 1.807) is 7.11 Å². The fourth-order valence-electron chi connectivity index (χ4n) is 3.23. The molecule has 0 saturated carbocycles. The maximum absolute atomic E-state index is 12.4. The average Bonchev–Trinajstić information content (AvgIpc) is 2.79. The van der Waals surface area contributed by atoms with E-state index >= 15 is 0 Å². The molecule has 0 radical (unpaired) electrons. The standard InChI is InChI=1S/C15H27NO4/c1-3-9-15(12-20-2)10-6-11-16(15)13(17)7-4-5-8-14(18)19/h3-12H2,1-2H3,(H,18,19). The van der Waals surface area contributed by atoms with Crippen LogP contribution in [-0.2, 0) is 14.3 Å². The van der Waals surface area contributed by atoms with Crippen molar-refractivity contribution < 1.29 is 19.4 Å². The van der Waals surface area contributed by atoms with E-state index in [4.69, 9.17) is 9.84 Å². The van der Waals surface area contributed by atoms with Gasteiger partial charge in [-0.1, -0.05) is 13.3 Å². The molecule has 1 atom stereocenters. The van der Waals surface area contributed by atoms with Crippen molar-refractivity contribution in [1.29, 1.82) is 0 Å². The Balaban J connectivity index is 2.53. The highest BCUT2D eigenvalue weighted by Gasteiger charge is 2.42. The molecule has 1 aliphatic heterocycles. The van der Waals surface area contributed by atoms with E-state index in [0.717, 1.165) is 32.2 Å². The van der Waals surface area contributed by atoms with Crippen molar-refractivity contribution in [3.63, 3.8) is 0 Å². The molecule has 116 valence electrons. The third-order valence-corrected chi connectivity index (χ3v) is 4.06. The van der Waals surface area contributed by atoms with E-state index in [1.165, 1.54) is 0 Å². The first-order valence-corrected chi connectivity index (χ1v) is 7.57. The third-order valence-electron chi connectivity index (χ3n) is 4.06. The minimum absolute atomic E-state index is 0.132. The first-order valence-electron chi connectivity index (χ1n) is 7.57. The zero-order chi connectivity index (χ0) is 15.0. The maximum Gasteiger partial charge on any atom is 0.303 e. The smallest absolute Gasteiger partial charge is 0.303 e. The summed E-state index contributed by atoms with van der Waals surface area (Å²) in [7, 11) is 1.69. The lowest BCUT2D eigenvalue weighted by molar-refractivity contribution is -0.139. The van der Waals surface area contributed by atoms with Crippen LogP contribution in [0.3, 0.4) is 0 Å². The topological polar surface area (TPSA) is 66.8 Å². The second-order valence-electron chi connectivity index (χ2n) is 5.66. The minimum Gasteiger partial charge on any atom is -0.481 e. The number of methoxy groups -OCH3 is 1. The van der Waals surface area contributed by atoms with Crippen molar-refractivity contribution in [2.24, 2.45) is 0 Å². The summed E-state index contributed by atoms with van der Waals surface area (Å²) >= 11 is 0. The van der Waals surface area contributed by atoms with E-state index in [2.05, 4.69) is 6.92 Å². The molecule has 1 unspecified atom stereocenters. The number of likely N-dealkylation sites (tertiary alicyclic amines) is 1. The van der Waals surface area contributed by atoms with Gasteiger partial charge in [0.2, 0.25) is 5.91 Å². The zero-order valence-electron chi connectivity index (χ0n) is 12.7. The number of rotatable bonds is 9. The van der Waals surface area contributed by atoms with Crippen LogP contribution in [-0.4, -0.2) is 47.7 Å². The Morgan fingerprint density at radius 2 is 2.00 bits per heavy atom. The summed E-state index contributed by atoms with van der Waals surface area (Å²) in [6.07, 6.45) is 5.86. The molecule has 1 amide bonds. The van der Waals surface area contributed by atoms with Gasteiger partial charge in [0, 0.05) is 26.5 Å². The Labute approximate surface area is 121 Å². The number of carboxylic acids is 1. The fourth-order valence-corrected chi connectivity index (χ4v) is 3.23. The van der Waals surface area contributed by atoms with Gasteiger partial charge in [0.25, 0.3) is 0 Å². The molecule has 0 spiro atoms. The van der Waals surface area contributed by atoms with Crippen molar-refractivity contribution >= 4 is 11.9 Å². The fraction of sp³-hybridized carbons (Fsp3) is 0.867. The molecule has 0 aromatic heterocycles. The molecule has 5 nitrogen and oxygen atoms in total. The van der Waals surface area contributed by atoms with Crippen molar-refractivity contribution in [2.75, 3.05) is 20.3 Å². The van der Waals surface area contributed by atoms with Gasteiger partial charge in [0.05, 0.1) is 12.1 Å². The predicted molar refractivity (Wildman–Crippen MR) is 76.6 cm³/mol. The van der Waals surface area contributed by atoms with Crippen LogP contribution in [0.15, 0.2) is 0 Å². The molecule has 0 aromatic carbocycles. The molecule has 20 heavy (non-hydrogen) atoms. The quantitative estimate of drug-likeness (QED) is 0.661. The van der Waals surface area contributed by atoms with Crippen LogP contribution in [0, 0.1) is 0 Å². The SMILES string of the molecule is CCCC1(COC)CCCN1C(=O)CCCCC(=O)O. The largest absolute Gasteiger partial charge is 0.481 e. The van der Waals surface area contributed by atoms with Gasteiger partial charge in [-0.25, -0.2) is 0 Å². The minimum atomic E-state index is -0.793. The summed E-state index contributed by atoms with van der Waals surface area (Å²) in [6, 6.07) is 0. The van der Waals surface area contributed by atoms with Crippen LogP contribution in [0.5, 0.6) is 0 Å². The first-order chi connectivity index (χ1) is 9.55. The first kappa shape index (κ1) is 17.0. The Morgan fingerprint density at radius 1 is 1.30 bits per heavy atom. The normalized spacial score (nSPS) is 22.2. The highest BCUT2D eigenvalue weighted by molar-refractivity contribution is 5.77. The summed E-state index contributed by atoms with van der Waals surface area (Å²) in [5, 5.41) is 8.60. The highest BCUT2D eigenvalue weighted by Crippen LogP contribution is 2.34. The van der Waals surface area contributed by atoms with E-state index in [1.807, 2.05) is 4.90 Å². The highest BCUT2D eigenvalue weighted by atomic mass is 16.5. The molecular weight excluding hydrogens is 258 g/mol. The lowest BCUT2D eigenvalue weighted by Crippen LogP contribution is -2.50. The number of amides is 1. The molecule has 1 heterocycles. The van der Waals surface area contributed by atoms with Crippen LogP contribution in [0.1, 0.15) is 58.3 Å². The number of unbranched alkanes of at least 4 members (excludes halogenated alkanes) is 1. The van der Waals surface area contributed by atoms with Crippen LogP contribution < -0.4 is 0 Å². The Morgan fingerprint density at radius 3 is 2.60 bits per heavy atom. The van der Waals surface area contributed by atoms with Crippen molar-refractivity contribution in [3.05, 3.63) is 0 Å². The maximum atomic E-state index is 12.4. The number of carbonyl (C=O) groups excluding carboxylic acids is 1. The number of hydrogen-bond donors (Lipinski definition) is 1. The van der Waals surface area contributed by atoms with Crippen molar-refractivity contribution in [3.8, 4) is 0 Å². The van der Waals surface area contributed by atoms with Crippen molar-refractivity contribution in [2.45, 2.75) is 63.8 Å². The number of hydrogen-bond acceptors (Lipinski definition) is 3. The van der Waals surface area contributed by atoms with E-state index in [9.17, 15) is 9.59 Å². The van der Waals surface area contributed by atoms with Gasteiger partial charge in [-0.05, 0) is 32.1 Å². The Kier molecular flexibility index (Phi) is 6.99. The summed E-state index contributed by atoms with van der Waals surface area (Å²) in [6.45, 7) is 3.54. The van der Waals surface area contributed by atoms with E-state index in [-0.39, 0.29) is 17.9 Å². The van der Waals surface area contributed by atoms with Crippen LogP contribution in [0.4, 0.5) is 0 Å². The van der Waals surface area contributed by atoms with Gasteiger partial charge in [-0.3, -0.25) is 9.59 Å². The Hall–Kier alpha value is -1.10. The molecule has 0 aromatic rings. The van der Waals surface area contributed by atoms with Crippen LogP contribution >= 0.6 is 0 Å². The molecule has 1 N–H and O–H groups in total. The zero-order valence-corrected chi connectivity index (χ0v) is 12.7. The number of nitrogens with zero attached hydrogens (tertiary/aromatic N) is 1. The molecule has 1 rings (SSSR count). The predicted octanol–water partition coefficient (Wildman–Crippen LogP) is 2.44. The van der Waals surface area contributed by atoms with Crippen LogP contribution in [0.25, 0.3) is 0 Å². The van der Waals surface area contributed by atoms with Gasteiger partial charge in [-0.15, -0.1) is 0 Å². The van der Waals surface area contributed by atoms with Gasteiger partial charge in [-0.2, -0.15) is 0 Å². The summed E-state index contributed by atoms with van der Waals surface area (Å²) in [4.78, 5) is 24.8. The third kappa shape index (κ3) is 4.47. The molecule has 0 aliphatic carbocycles. The van der Waals surface area contributed by atoms with E-state index in [0.29, 0.717) is 25.9 Å². The molecule has 5 heteroatoms. The molecule has 0 bridgehead atoms. The van der Waals surface area contributed by atoms with Gasteiger partial charge in [0.15, 0.2) is 0 Å². The lowest BCUT2D eigenvalue weighted by Gasteiger charge is -2.38. The molecule has 1 fully saturated rings. The Bertz CT molecular complexity index is 324.